The molecule has 11 nitrogen and oxygen atoms in total. The van der Waals surface area contributed by atoms with Gasteiger partial charge in [0, 0.05) is 12.8 Å². The molecule has 0 saturated heterocycles. The Hall–Kier alpha value is -2.04. The SMILES string of the molecule is CCCCCCCC/C=C\CCCCCCCCCC(=O)OC[C@H](COP(=O)(O)OC[C@H](N)C(=O)O)OC(=O)CCCCCCCCC/C=C\CCCCCCCCCC. The minimum absolute atomic E-state index is 0.158. The molecular weight excluding hydrogens is 781 g/mol. The second-order valence-corrected chi connectivity index (χ2v) is 18.0. The van der Waals surface area contributed by atoms with Crippen molar-refractivity contribution in [2.24, 2.45) is 5.73 Å². The van der Waals surface area contributed by atoms with E-state index in [0.717, 1.165) is 51.4 Å². The average molecular weight is 872 g/mol. The van der Waals surface area contributed by atoms with Crippen LogP contribution in [0.2, 0.25) is 0 Å². The molecule has 0 aliphatic heterocycles. The molecule has 60 heavy (non-hydrogen) atoms. The molecular formula is C48H90NO10P. The molecule has 0 aliphatic carbocycles. The van der Waals surface area contributed by atoms with Crippen LogP contribution in [0.1, 0.15) is 232 Å². The maximum Gasteiger partial charge on any atom is 0.472 e. The Morgan fingerprint density at radius 3 is 1.22 bits per heavy atom. The van der Waals surface area contributed by atoms with E-state index in [2.05, 4.69) is 42.7 Å². The van der Waals surface area contributed by atoms with Gasteiger partial charge in [-0.05, 0) is 64.2 Å². The maximum absolute atomic E-state index is 12.7. The van der Waals surface area contributed by atoms with E-state index in [1.807, 2.05) is 0 Å². The largest absolute Gasteiger partial charge is 0.480 e. The number of allylic oxidation sites excluding steroid dienone is 4. The fraction of sp³-hybridized carbons (Fsp3) is 0.854. The Kier molecular flexibility index (Phi) is 42.1. The van der Waals surface area contributed by atoms with Gasteiger partial charge in [-0.15, -0.1) is 0 Å². The van der Waals surface area contributed by atoms with Gasteiger partial charge < -0.3 is 25.2 Å². The highest BCUT2D eigenvalue weighted by molar-refractivity contribution is 7.47. The van der Waals surface area contributed by atoms with Crippen molar-refractivity contribution in [2.75, 3.05) is 19.8 Å². The van der Waals surface area contributed by atoms with Crippen LogP contribution in [0.15, 0.2) is 24.3 Å². The van der Waals surface area contributed by atoms with Crippen molar-refractivity contribution in [2.45, 2.75) is 244 Å². The smallest absolute Gasteiger partial charge is 0.472 e. The summed E-state index contributed by atoms with van der Waals surface area (Å²) >= 11 is 0. The van der Waals surface area contributed by atoms with Crippen molar-refractivity contribution < 1.29 is 47.5 Å². The summed E-state index contributed by atoms with van der Waals surface area (Å²) in [6.45, 7) is 2.82. The van der Waals surface area contributed by atoms with Crippen LogP contribution in [0, 0.1) is 0 Å². The first kappa shape index (κ1) is 58.0. The predicted octanol–water partition coefficient (Wildman–Crippen LogP) is 13.4. The summed E-state index contributed by atoms with van der Waals surface area (Å²) in [7, 11) is -4.72. The van der Waals surface area contributed by atoms with E-state index in [0.29, 0.717) is 12.8 Å². The van der Waals surface area contributed by atoms with E-state index >= 15 is 0 Å². The number of carboxylic acids is 1. The van der Waals surface area contributed by atoms with Crippen LogP contribution in [0.25, 0.3) is 0 Å². The van der Waals surface area contributed by atoms with Gasteiger partial charge in [0.15, 0.2) is 6.10 Å². The number of carbonyl (C=O) groups is 3. The molecule has 0 fully saturated rings. The molecule has 352 valence electrons. The van der Waals surface area contributed by atoms with Gasteiger partial charge in [0.1, 0.15) is 12.6 Å². The Morgan fingerprint density at radius 2 is 0.833 bits per heavy atom. The number of nitrogens with two attached hydrogens (primary N) is 1. The normalized spacial score (nSPS) is 13.8. The summed E-state index contributed by atoms with van der Waals surface area (Å²) in [5.41, 5.74) is 5.35. The second kappa shape index (κ2) is 43.6. The lowest BCUT2D eigenvalue weighted by atomic mass is 10.1. The molecule has 0 saturated carbocycles. The van der Waals surface area contributed by atoms with Crippen LogP contribution < -0.4 is 5.73 Å². The number of carbonyl (C=O) groups excluding carboxylic acids is 2. The standard InChI is InChI=1S/C48H90NO10P/c1-3-5-7-9-11-13-15-17-19-21-22-24-26-28-30-32-34-36-38-40-47(51)59-44(42-57-60(54,55)58-43-45(49)48(52)53)41-56-46(50)39-37-35-33-31-29-27-25-23-20-18-16-14-12-10-8-6-4-2/h18,20-22,44-45H,3-17,19,23-43,49H2,1-2H3,(H,52,53)(H,54,55)/b20-18-,22-21-/t44-,45+/m1/s1. The van der Waals surface area contributed by atoms with E-state index in [4.69, 9.17) is 24.8 Å². The number of rotatable bonds is 46. The number of phosphoric ester groups is 1. The van der Waals surface area contributed by atoms with Crippen molar-refractivity contribution in [3.8, 4) is 0 Å². The van der Waals surface area contributed by atoms with Crippen LogP contribution in [0.5, 0.6) is 0 Å². The molecule has 0 aliphatic rings. The van der Waals surface area contributed by atoms with E-state index in [9.17, 15) is 23.8 Å². The quantitative estimate of drug-likeness (QED) is 0.0230. The van der Waals surface area contributed by atoms with Crippen molar-refractivity contribution in [3.05, 3.63) is 24.3 Å². The number of phosphoric acid groups is 1. The molecule has 3 atom stereocenters. The molecule has 4 N–H and O–H groups in total. The van der Waals surface area contributed by atoms with Crippen LogP contribution >= 0.6 is 7.82 Å². The number of aliphatic carboxylic acids is 1. The molecule has 0 amide bonds. The molecule has 0 aromatic heterocycles. The Balaban J connectivity index is 4.29. The summed E-state index contributed by atoms with van der Waals surface area (Å²) in [6.07, 6.45) is 46.6. The second-order valence-electron chi connectivity index (χ2n) is 16.6. The van der Waals surface area contributed by atoms with Gasteiger partial charge in [0.05, 0.1) is 13.2 Å². The zero-order chi connectivity index (χ0) is 44.2. The Morgan fingerprint density at radius 1 is 0.500 bits per heavy atom. The topological polar surface area (TPSA) is 172 Å². The summed E-state index contributed by atoms with van der Waals surface area (Å²) in [4.78, 5) is 46.1. The Bertz CT molecular complexity index is 1120. The molecule has 0 aromatic carbocycles. The number of hydrogen-bond acceptors (Lipinski definition) is 9. The summed E-state index contributed by atoms with van der Waals surface area (Å²) in [5, 5.41) is 8.91. The monoisotopic (exact) mass is 872 g/mol. The fourth-order valence-corrected chi connectivity index (χ4v) is 7.60. The lowest BCUT2D eigenvalue weighted by molar-refractivity contribution is -0.161. The van der Waals surface area contributed by atoms with Crippen LogP contribution in [-0.2, 0) is 37.5 Å². The zero-order valence-electron chi connectivity index (χ0n) is 38.3. The first-order valence-corrected chi connectivity index (χ1v) is 25.9. The fourth-order valence-electron chi connectivity index (χ4n) is 6.82. The van der Waals surface area contributed by atoms with Crippen LogP contribution in [0.3, 0.4) is 0 Å². The lowest BCUT2D eigenvalue weighted by Gasteiger charge is -2.20. The first-order valence-electron chi connectivity index (χ1n) is 24.4. The zero-order valence-corrected chi connectivity index (χ0v) is 39.2. The molecule has 0 aromatic rings. The van der Waals surface area contributed by atoms with E-state index < -0.39 is 51.1 Å². The third-order valence-electron chi connectivity index (χ3n) is 10.7. The van der Waals surface area contributed by atoms with Gasteiger partial charge in [-0.3, -0.25) is 23.4 Å². The molecule has 0 rings (SSSR count). The van der Waals surface area contributed by atoms with Gasteiger partial charge in [-0.1, -0.05) is 179 Å². The van der Waals surface area contributed by atoms with Gasteiger partial charge in [0.2, 0.25) is 0 Å². The summed E-state index contributed by atoms with van der Waals surface area (Å²) in [5.74, 6) is -2.38. The van der Waals surface area contributed by atoms with Gasteiger partial charge >= 0.3 is 25.7 Å². The lowest BCUT2D eigenvalue weighted by Crippen LogP contribution is -2.34. The molecule has 0 spiro atoms. The number of unbranched alkanes of at least 4 members (excludes halogenated alkanes) is 28. The first-order chi connectivity index (χ1) is 29.1. The third kappa shape index (κ3) is 42.6. The Labute approximate surface area is 366 Å². The summed E-state index contributed by atoms with van der Waals surface area (Å²) in [6, 6.07) is -1.52. The van der Waals surface area contributed by atoms with Crippen LogP contribution in [0.4, 0.5) is 0 Å². The minimum Gasteiger partial charge on any atom is -0.480 e. The van der Waals surface area contributed by atoms with Gasteiger partial charge in [-0.2, -0.15) is 0 Å². The molecule has 12 heteroatoms. The minimum atomic E-state index is -4.72. The molecule has 1 unspecified atom stereocenters. The third-order valence-corrected chi connectivity index (χ3v) is 11.6. The van der Waals surface area contributed by atoms with E-state index in [1.54, 1.807) is 0 Å². The number of ether oxygens (including phenoxy) is 2. The van der Waals surface area contributed by atoms with Crippen LogP contribution in [-0.4, -0.2) is 59.9 Å². The highest BCUT2D eigenvalue weighted by atomic mass is 31.2. The van der Waals surface area contributed by atoms with E-state index in [1.165, 1.54) is 141 Å². The van der Waals surface area contributed by atoms with Crippen molar-refractivity contribution >= 4 is 25.7 Å². The van der Waals surface area contributed by atoms with Gasteiger partial charge in [-0.25, -0.2) is 4.57 Å². The number of carboxylic acid groups (broad SMARTS) is 1. The summed E-state index contributed by atoms with van der Waals surface area (Å²) < 4.78 is 32.8. The van der Waals surface area contributed by atoms with Crippen molar-refractivity contribution in [1.29, 1.82) is 0 Å². The maximum atomic E-state index is 12.7. The number of esters is 2. The predicted molar refractivity (Wildman–Crippen MR) is 245 cm³/mol. The highest BCUT2D eigenvalue weighted by Crippen LogP contribution is 2.43. The molecule has 0 heterocycles. The van der Waals surface area contributed by atoms with Crippen molar-refractivity contribution in [1.82, 2.24) is 0 Å². The average Bonchev–Trinajstić information content (AvgIpc) is 3.22. The van der Waals surface area contributed by atoms with Crippen molar-refractivity contribution in [3.63, 3.8) is 0 Å². The van der Waals surface area contributed by atoms with Gasteiger partial charge in [0.25, 0.3) is 0 Å². The highest BCUT2D eigenvalue weighted by Gasteiger charge is 2.28. The number of hydrogen-bond donors (Lipinski definition) is 3. The van der Waals surface area contributed by atoms with E-state index in [-0.39, 0.29) is 19.4 Å². The molecule has 0 bridgehead atoms. The molecule has 0 radical (unpaired) electrons.